The second-order valence-electron chi connectivity index (χ2n) is 8.18. The Morgan fingerprint density at radius 3 is 2.29 bits per heavy atom. The van der Waals surface area contributed by atoms with Gasteiger partial charge in [-0.2, -0.15) is 0 Å². The number of carbonyl (C=O) groups excluding carboxylic acids is 1. The lowest BCUT2D eigenvalue weighted by atomic mass is 10.0. The summed E-state index contributed by atoms with van der Waals surface area (Å²) in [5, 5.41) is 16.4. The highest BCUT2D eigenvalue weighted by Crippen LogP contribution is 2.23. The van der Waals surface area contributed by atoms with E-state index in [2.05, 4.69) is 42.5 Å². The van der Waals surface area contributed by atoms with Crippen LogP contribution in [0.2, 0.25) is 0 Å². The molecule has 1 amide bonds. The van der Waals surface area contributed by atoms with Crippen LogP contribution in [0, 0.1) is 11.6 Å². The molecule has 2 atom stereocenters. The van der Waals surface area contributed by atoms with E-state index in [0.717, 1.165) is 20.6 Å². The molecule has 0 aliphatic carbocycles. The summed E-state index contributed by atoms with van der Waals surface area (Å²) in [6.07, 6.45) is -1.72. The lowest BCUT2D eigenvalue weighted by Gasteiger charge is -2.27. The lowest BCUT2D eigenvalue weighted by Crippen LogP contribution is -2.49. The first-order chi connectivity index (χ1) is 14.4. The van der Waals surface area contributed by atoms with Crippen LogP contribution in [-0.2, 0) is 17.7 Å². The van der Waals surface area contributed by atoms with Crippen molar-refractivity contribution >= 4 is 38.0 Å². The summed E-state index contributed by atoms with van der Waals surface area (Å²) in [7, 11) is 0. The van der Waals surface area contributed by atoms with Gasteiger partial charge in [0.15, 0.2) is 0 Å². The molecule has 2 aromatic carbocycles. The zero-order chi connectivity index (χ0) is 23.2. The van der Waals surface area contributed by atoms with Gasteiger partial charge in [-0.25, -0.2) is 13.6 Å². The molecule has 0 saturated heterocycles. The molecule has 3 N–H and O–H groups in total. The van der Waals surface area contributed by atoms with Crippen LogP contribution in [0.25, 0.3) is 0 Å². The van der Waals surface area contributed by atoms with Crippen LogP contribution in [0.15, 0.2) is 45.3 Å². The second-order valence-corrected chi connectivity index (χ2v) is 9.89. The van der Waals surface area contributed by atoms with E-state index in [0.29, 0.717) is 12.1 Å². The van der Waals surface area contributed by atoms with Gasteiger partial charge >= 0.3 is 6.09 Å². The molecule has 5 nitrogen and oxygen atoms in total. The molecule has 0 heterocycles. The topological polar surface area (TPSA) is 70.6 Å². The number of benzene rings is 2. The Balaban J connectivity index is 2.05. The third kappa shape index (κ3) is 9.22. The van der Waals surface area contributed by atoms with Crippen LogP contribution in [0.5, 0.6) is 0 Å². The van der Waals surface area contributed by atoms with Gasteiger partial charge in [-0.05, 0) is 94.4 Å². The molecule has 2 rings (SSSR count). The van der Waals surface area contributed by atoms with Gasteiger partial charge < -0.3 is 20.5 Å². The molecular weight excluding hydrogens is 538 g/mol. The molecule has 0 aliphatic rings. The third-order valence-corrected chi connectivity index (χ3v) is 6.09. The van der Waals surface area contributed by atoms with Crippen molar-refractivity contribution in [1.29, 1.82) is 0 Å². The standard InChI is InChI=1S/C22H26Br2F2N2O3/c1-22(2,3)31-21(30)28-19(9-14-6-15(25)10-16(26)7-14)20(29)12-27-11-13-4-5-17(23)18(24)8-13/h4-8,10,19-20,27,29H,9,11-12H2,1-3H3,(H,28,30)/t19-,20+/m0/s1. The zero-order valence-electron chi connectivity index (χ0n) is 17.5. The molecule has 0 aromatic heterocycles. The van der Waals surface area contributed by atoms with Gasteiger partial charge in [-0.1, -0.05) is 6.07 Å². The number of alkyl carbamates (subject to hydrolysis) is 1. The number of nitrogens with one attached hydrogen (secondary N) is 2. The van der Waals surface area contributed by atoms with Crippen LogP contribution in [0.3, 0.4) is 0 Å². The first kappa shape index (κ1) is 25.7. The summed E-state index contributed by atoms with van der Waals surface area (Å²) in [5.74, 6) is -1.45. The number of hydrogen-bond donors (Lipinski definition) is 3. The number of halogens is 4. The van der Waals surface area contributed by atoms with E-state index >= 15 is 0 Å². The molecule has 31 heavy (non-hydrogen) atoms. The molecule has 9 heteroatoms. The highest BCUT2D eigenvalue weighted by Gasteiger charge is 2.25. The fourth-order valence-electron chi connectivity index (χ4n) is 2.88. The number of rotatable bonds is 8. The van der Waals surface area contributed by atoms with Crippen molar-refractivity contribution < 1.29 is 23.4 Å². The van der Waals surface area contributed by atoms with Crippen molar-refractivity contribution in [3.63, 3.8) is 0 Å². The molecule has 2 aromatic rings. The minimum absolute atomic E-state index is 0.0284. The van der Waals surface area contributed by atoms with Crippen molar-refractivity contribution in [2.24, 2.45) is 0 Å². The first-order valence-electron chi connectivity index (χ1n) is 9.70. The van der Waals surface area contributed by atoms with Crippen molar-refractivity contribution in [2.45, 2.75) is 51.5 Å². The largest absolute Gasteiger partial charge is 0.444 e. The van der Waals surface area contributed by atoms with Gasteiger partial charge in [-0.15, -0.1) is 0 Å². The van der Waals surface area contributed by atoms with Crippen LogP contribution in [-0.4, -0.2) is 35.5 Å². The van der Waals surface area contributed by atoms with Gasteiger partial charge in [0.25, 0.3) is 0 Å². The minimum Gasteiger partial charge on any atom is -0.444 e. The molecule has 0 bridgehead atoms. The maximum Gasteiger partial charge on any atom is 0.407 e. The Kier molecular flexibility index (Phi) is 9.42. The summed E-state index contributed by atoms with van der Waals surface area (Å²) in [6.45, 7) is 5.79. The Bertz CT molecular complexity index is 887. The van der Waals surface area contributed by atoms with Gasteiger partial charge in [-0.3, -0.25) is 0 Å². The van der Waals surface area contributed by atoms with Gasteiger partial charge in [0.1, 0.15) is 17.2 Å². The predicted octanol–water partition coefficient (Wildman–Crippen LogP) is 5.08. The Labute approximate surface area is 197 Å². The Hall–Kier alpha value is -1.55. The Morgan fingerprint density at radius 1 is 1.06 bits per heavy atom. The fraction of sp³-hybridized carbons (Fsp3) is 0.409. The van der Waals surface area contributed by atoms with Crippen LogP contribution in [0.4, 0.5) is 13.6 Å². The molecule has 170 valence electrons. The SMILES string of the molecule is CC(C)(C)OC(=O)N[C@@H](Cc1cc(F)cc(F)c1)[C@H](O)CNCc1ccc(Br)c(Br)c1. The third-order valence-electron chi connectivity index (χ3n) is 4.21. The van der Waals surface area contributed by atoms with E-state index in [-0.39, 0.29) is 13.0 Å². The average Bonchev–Trinajstić information content (AvgIpc) is 2.61. The van der Waals surface area contributed by atoms with E-state index in [1.807, 2.05) is 18.2 Å². The van der Waals surface area contributed by atoms with E-state index in [1.54, 1.807) is 20.8 Å². The number of hydrogen-bond acceptors (Lipinski definition) is 4. The first-order valence-corrected chi connectivity index (χ1v) is 11.3. The van der Waals surface area contributed by atoms with Gasteiger partial charge in [0.05, 0.1) is 12.1 Å². The smallest absolute Gasteiger partial charge is 0.407 e. The van der Waals surface area contributed by atoms with Gasteiger partial charge in [0, 0.05) is 28.1 Å². The van der Waals surface area contributed by atoms with Gasteiger partial charge in [0.2, 0.25) is 0 Å². The Morgan fingerprint density at radius 2 is 1.71 bits per heavy atom. The zero-order valence-corrected chi connectivity index (χ0v) is 20.7. The maximum atomic E-state index is 13.6. The predicted molar refractivity (Wildman–Crippen MR) is 123 cm³/mol. The van der Waals surface area contributed by atoms with Crippen molar-refractivity contribution in [1.82, 2.24) is 10.6 Å². The molecular formula is C22H26Br2F2N2O3. The number of aliphatic hydroxyl groups is 1. The number of amides is 1. The normalized spacial score (nSPS) is 13.5. The molecule has 0 saturated carbocycles. The summed E-state index contributed by atoms with van der Waals surface area (Å²) in [5.41, 5.74) is 0.582. The molecule has 0 radical (unpaired) electrons. The van der Waals surface area contributed by atoms with E-state index in [9.17, 15) is 18.7 Å². The summed E-state index contributed by atoms with van der Waals surface area (Å²) in [4.78, 5) is 12.2. The van der Waals surface area contributed by atoms with Crippen LogP contribution in [0.1, 0.15) is 31.9 Å². The quantitative estimate of drug-likeness (QED) is 0.419. The average molecular weight is 564 g/mol. The van der Waals surface area contributed by atoms with E-state index < -0.39 is 35.5 Å². The van der Waals surface area contributed by atoms with Crippen LogP contribution < -0.4 is 10.6 Å². The second kappa shape index (κ2) is 11.4. The number of ether oxygens (including phenoxy) is 1. The van der Waals surface area contributed by atoms with Crippen molar-refractivity contribution in [3.05, 3.63) is 68.1 Å². The van der Waals surface area contributed by atoms with Crippen molar-refractivity contribution in [2.75, 3.05) is 6.54 Å². The van der Waals surface area contributed by atoms with Crippen LogP contribution >= 0.6 is 31.9 Å². The minimum atomic E-state index is -1.03. The summed E-state index contributed by atoms with van der Waals surface area (Å²) >= 11 is 6.86. The van der Waals surface area contributed by atoms with E-state index in [1.165, 1.54) is 12.1 Å². The molecule has 0 spiro atoms. The monoisotopic (exact) mass is 562 g/mol. The van der Waals surface area contributed by atoms with Crippen molar-refractivity contribution in [3.8, 4) is 0 Å². The highest BCUT2D eigenvalue weighted by molar-refractivity contribution is 9.13. The van der Waals surface area contributed by atoms with E-state index in [4.69, 9.17) is 4.74 Å². The molecule has 0 unspecified atom stereocenters. The molecule has 0 aliphatic heterocycles. The molecule has 0 fully saturated rings. The highest BCUT2D eigenvalue weighted by atomic mass is 79.9. The fourth-order valence-corrected chi connectivity index (χ4v) is 3.55. The maximum absolute atomic E-state index is 13.6. The number of aliphatic hydroxyl groups excluding tert-OH is 1. The summed E-state index contributed by atoms with van der Waals surface area (Å²) < 4.78 is 34.3. The number of carbonyl (C=O) groups is 1. The summed E-state index contributed by atoms with van der Waals surface area (Å²) in [6, 6.07) is 8.07. The lowest BCUT2D eigenvalue weighted by molar-refractivity contribution is 0.0422.